The smallest absolute Gasteiger partial charge is 0.161 e. The molecular weight excluding hydrogens is 1580 g/mol. The van der Waals surface area contributed by atoms with Crippen LogP contribution >= 0.6 is 0 Å². The van der Waals surface area contributed by atoms with Crippen LogP contribution in [-0.2, 0) is 0 Å². The van der Waals surface area contributed by atoms with E-state index in [-0.39, 0.29) is 0 Å². The molecule has 0 aliphatic rings. The van der Waals surface area contributed by atoms with E-state index in [2.05, 4.69) is 373 Å². The average molecular weight is 1650 g/mol. The third-order valence-corrected chi connectivity index (χ3v) is 26.3. The molecule has 21 aromatic carbocycles. The number of para-hydroxylation sites is 2. The molecule has 0 aliphatic heterocycles. The van der Waals surface area contributed by atoms with Gasteiger partial charge in [0.25, 0.3) is 0 Å². The Hall–Kier alpha value is -17.8. The predicted octanol–water partition coefficient (Wildman–Crippen LogP) is 31.7. The van der Waals surface area contributed by atoms with Gasteiger partial charge in [-0.3, -0.25) is 9.97 Å². The molecule has 0 spiro atoms. The quantitative estimate of drug-likeness (QED) is 0.113. The fourth-order valence-corrected chi connectivity index (χ4v) is 20.4. The molecule has 8 heteroatoms. The summed E-state index contributed by atoms with van der Waals surface area (Å²) < 4.78 is 4.63. The van der Waals surface area contributed by atoms with Gasteiger partial charge in [0.2, 0.25) is 0 Å². The number of fused-ring (bicyclic) bond motifs is 10. The highest BCUT2D eigenvalue weighted by molar-refractivity contribution is 6.29. The topological polar surface area (TPSA) is 109 Å². The van der Waals surface area contributed by atoms with Crippen LogP contribution in [0.4, 0.5) is 0 Å². The molecule has 600 valence electrons. The van der Waals surface area contributed by atoms with E-state index in [1.165, 1.54) is 103 Å². The first-order valence-corrected chi connectivity index (χ1v) is 43.9. The van der Waals surface area contributed by atoms with Crippen LogP contribution < -0.4 is 0 Å². The molecule has 0 saturated carbocycles. The van der Waals surface area contributed by atoms with Crippen molar-refractivity contribution in [3.63, 3.8) is 0 Å². The summed E-state index contributed by atoms with van der Waals surface area (Å²) in [5.41, 5.74) is 28.2. The number of benzene rings is 21. The van der Waals surface area contributed by atoms with Crippen LogP contribution in [0.3, 0.4) is 0 Å². The van der Waals surface area contributed by atoms with Crippen molar-refractivity contribution in [1.82, 2.24) is 29.1 Å². The van der Waals surface area contributed by atoms with Crippen LogP contribution in [0, 0.1) is 22.7 Å². The van der Waals surface area contributed by atoms with E-state index in [0.29, 0.717) is 17.0 Å². The molecule has 0 radical (unpaired) electrons. The largest absolute Gasteiger partial charge is 0.309 e. The second kappa shape index (κ2) is 30.6. The normalized spacial score (nSPS) is 11.7. The van der Waals surface area contributed by atoms with Gasteiger partial charge in [-0.2, -0.15) is 10.5 Å². The van der Waals surface area contributed by atoms with E-state index in [0.717, 1.165) is 145 Å². The highest BCUT2D eigenvalue weighted by atomic mass is 15.0. The first kappa shape index (κ1) is 74.8. The monoisotopic (exact) mass is 1650 g/mol. The first-order chi connectivity index (χ1) is 64.3. The molecular formula is C122H72N8. The van der Waals surface area contributed by atoms with Crippen molar-refractivity contribution in [2.24, 2.45) is 0 Å². The molecule has 0 atom stereocenters. The summed E-state index contributed by atoms with van der Waals surface area (Å²) in [4.78, 5) is 20.1. The average Bonchev–Trinajstić information content (AvgIpc) is 0.843. The summed E-state index contributed by atoms with van der Waals surface area (Å²) in [7, 11) is 0. The maximum absolute atomic E-state index is 9.97. The SMILES string of the molecule is N#Cc1cc2ccc3cc(-c4ccc(-c5cc6c7ccccc7c(-c7cc(-c8ccccn8)cc(-c8ccccn8)c7)cc6c6ccccc56)cc4)cc4c3c2c(c1)n4-c1ccccc1.N#Cc1cc2ccc3cc(-c4ccc(-c5cc6c7ccccc7c(-c7nc(-c8ccccc8)cc(-c8ccccc8)n7)cc6c6ccccc56)cc4)cc4c3c2c(c1)n4-c1ccccc1. The van der Waals surface area contributed by atoms with Gasteiger partial charge >= 0.3 is 0 Å². The molecule has 0 fully saturated rings. The minimum Gasteiger partial charge on any atom is -0.309 e. The molecule has 130 heavy (non-hydrogen) atoms. The zero-order valence-corrected chi connectivity index (χ0v) is 70.1. The molecule has 5 heterocycles. The Morgan fingerprint density at radius 1 is 0.192 bits per heavy atom. The van der Waals surface area contributed by atoms with Crippen molar-refractivity contribution >= 4 is 130 Å². The number of rotatable bonds is 12. The highest BCUT2D eigenvalue weighted by Gasteiger charge is 2.26. The van der Waals surface area contributed by atoms with Gasteiger partial charge in [-0.15, -0.1) is 0 Å². The second-order valence-electron chi connectivity index (χ2n) is 33.7. The standard InChI is InChI=1S/2C61H36N4/c62-37-38-30-43-28-29-44-32-45(33-58-60(44)59(43)57(31-38)65(58)46-18-8-3-9-19-46)39-24-26-40(27-25-39)51-34-52-49-22-12-13-23-50(49)54(35-53(52)48-21-11-10-20-47(48)51)61-63-55(41-14-4-1-5-15-41)36-56(64-61)42-16-6-2-7-17-42;62-37-38-28-41-24-25-42-30-43(34-59-61(42)60(41)58(29-38)65(59)47-12-2-1-3-13-47)39-20-22-40(23-21-39)52-35-54-51-17-7-5-15-49(51)53(36-55(54)50-16-6-4-14-48(50)52)44-31-45(56-18-8-10-26-63-56)33-46(32-44)57-19-9-11-27-64-57/h2*1-36H. The number of nitriles is 2. The van der Waals surface area contributed by atoms with E-state index in [1.807, 2.05) is 85.2 Å². The van der Waals surface area contributed by atoms with Crippen LogP contribution in [0.1, 0.15) is 11.1 Å². The van der Waals surface area contributed by atoms with E-state index in [4.69, 9.17) is 19.9 Å². The molecule has 0 saturated heterocycles. The fourth-order valence-electron chi connectivity index (χ4n) is 20.4. The van der Waals surface area contributed by atoms with Crippen LogP contribution in [0.15, 0.2) is 437 Å². The van der Waals surface area contributed by atoms with E-state index >= 15 is 0 Å². The molecule has 26 aromatic rings. The lowest BCUT2D eigenvalue weighted by atomic mass is 9.86. The highest BCUT2D eigenvalue weighted by Crippen LogP contribution is 2.50. The van der Waals surface area contributed by atoms with Gasteiger partial charge in [-0.1, -0.05) is 279 Å². The van der Waals surface area contributed by atoms with Crippen molar-refractivity contribution in [2.45, 2.75) is 0 Å². The van der Waals surface area contributed by atoms with Crippen LogP contribution in [0.25, 0.3) is 253 Å². The predicted molar refractivity (Wildman–Crippen MR) is 539 cm³/mol. The van der Waals surface area contributed by atoms with E-state index in [9.17, 15) is 10.5 Å². The number of hydrogen-bond donors (Lipinski definition) is 0. The Morgan fingerprint density at radius 2 is 0.500 bits per heavy atom. The zero-order chi connectivity index (χ0) is 86.0. The van der Waals surface area contributed by atoms with Crippen LogP contribution in [0.5, 0.6) is 0 Å². The molecule has 0 N–H and O–H groups in total. The van der Waals surface area contributed by atoms with Gasteiger partial charge in [0.15, 0.2) is 5.82 Å². The Labute approximate surface area is 748 Å². The molecule has 8 nitrogen and oxygen atoms in total. The van der Waals surface area contributed by atoms with Crippen molar-refractivity contribution < 1.29 is 0 Å². The molecule has 0 amide bonds. The minimum absolute atomic E-state index is 0.658. The second-order valence-corrected chi connectivity index (χ2v) is 33.7. The number of hydrogen-bond acceptors (Lipinski definition) is 6. The van der Waals surface area contributed by atoms with Gasteiger partial charge in [0.05, 0.1) is 68.1 Å². The summed E-state index contributed by atoms with van der Waals surface area (Å²) >= 11 is 0. The van der Waals surface area contributed by atoms with Gasteiger partial charge in [-0.05, 0) is 287 Å². The Morgan fingerprint density at radius 3 is 0.869 bits per heavy atom. The Balaban J connectivity index is 0.000000140. The number of pyridine rings is 2. The first-order valence-electron chi connectivity index (χ1n) is 43.9. The number of nitrogens with zero attached hydrogens (tertiary/aromatic N) is 8. The molecule has 26 rings (SSSR count). The lowest BCUT2D eigenvalue weighted by Crippen LogP contribution is -1.97. The van der Waals surface area contributed by atoms with Crippen molar-refractivity contribution in [3.05, 3.63) is 448 Å². The minimum atomic E-state index is 0.658. The zero-order valence-electron chi connectivity index (χ0n) is 70.1. The third-order valence-electron chi connectivity index (χ3n) is 26.3. The Bertz CT molecular complexity index is 8490. The molecule has 0 bridgehead atoms. The van der Waals surface area contributed by atoms with Crippen LogP contribution in [0.2, 0.25) is 0 Å². The van der Waals surface area contributed by atoms with Gasteiger partial charge in [0.1, 0.15) is 0 Å². The summed E-state index contributed by atoms with van der Waals surface area (Å²) in [5.74, 6) is 0.700. The summed E-state index contributed by atoms with van der Waals surface area (Å²) in [5, 5.41) is 43.5. The van der Waals surface area contributed by atoms with Gasteiger partial charge < -0.3 is 9.13 Å². The van der Waals surface area contributed by atoms with E-state index in [1.54, 1.807) is 0 Å². The van der Waals surface area contributed by atoms with Crippen molar-refractivity contribution in [2.75, 3.05) is 0 Å². The fraction of sp³-hybridized carbons (Fsp3) is 0. The maximum Gasteiger partial charge on any atom is 0.161 e. The van der Waals surface area contributed by atoms with Crippen molar-refractivity contribution in [3.8, 4) is 136 Å². The Kier molecular flexibility index (Phi) is 17.6. The molecule has 0 aliphatic carbocycles. The lowest BCUT2D eigenvalue weighted by molar-refractivity contribution is 1.18. The van der Waals surface area contributed by atoms with Gasteiger partial charge in [0, 0.05) is 73.1 Å². The summed E-state index contributed by atoms with van der Waals surface area (Å²) in [6.07, 6.45) is 3.71. The van der Waals surface area contributed by atoms with Crippen molar-refractivity contribution in [1.29, 1.82) is 10.5 Å². The number of aromatic nitrogens is 6. The van der Waals surface area contributed by atoms with Crippen LogP contribution in [-0.4, -0.2) is 29.1 Å². The third kappa shape index (κ3) is 12.5. The maximum atomic E-state index is 9.97. The summed E-state index contributed by atoms with van der Waals surface area (Å²) in [6.45, 7) is 0. The molecule has 5 aromatic heterocycles. The van der Waals surface area contributed by atoms with Gasteiger partial charge in [-0.25, -0.2) is 9.97 Å². The molecule has 0 unspecified atom stereocenters. The summed E-state index contributed by atoms with van der Waals surface area (Å²) in [6, 6.07) is 156. The lowest BCUT2D eigenvalue weighted by Gasteiger charge is -2.17. The van der Waals surface area contributed by atoms with E-state index < -0.39 is 0 Å².